The zero-order valence-corrected chi connectivity index (χ0v) is 14.3. The molecule has 25 heavy (non-hydrogen) atoms. The Morgan fingerprint density at radius 2 is 2.08 bits per heavy atom. The van der Waals surface area contributed by atoms with E-state index in [0.29, 0.717) is 25.5 Å². The van der Waals surface area contributed by atoms with E-state index in [1.54, 1.807) is 0 Å². The van der Waals surface area contributed by atoms with Crippen molar-refractivity contribution in [3.05, 3.63) is 35.9 Å². The highest BCUT2D eigenvalue weighted by Gasteiger charge is 2.28. The summed E-state index contributed by atoms with van der Waals surface area (Å²) in [5.74, 6) is -2.08. The van der Waals surface area contributed by atoms with Crippen molar-refractivity contribution in [2.75, 3.05) is 24.6 Å². The summed E-state index contributed by atoms with van der Waals surface area (Å²) in [7, 11) is -4.58. The molecule has 1 unspecified atom stereocenters. The summed E-state index contributed by atoms with van der Waals surface area (Å²) in [5.41, 5.74) is 0.729. The molecule has 1 fully saturated rings. The van der Waals surface area contributed by atoms with E-state index in [4.69, 9.17) is 4.74 Å². The molecule has 0 radical (unpaired) electrons. The molecule has 0 spiro atoms. The van der Waals surface area contributed by atoms with Crippen LogP contribution in [0.5, 0.6) is 0 Å². The van der Waals surface area contributed by atoms with Gasteiger partial charge in [0.15, 0.2) is 5.82 Å². The third kappa shape index (κ3) is 3.64. The number of ether oxygens (including phenoxy) is 1. The fourth-order valence-electron chi connectivity index (χ4n) is 2.60. The number of rotatable bonds is 5. The summed E-state index contributed by atoms with van der Waals surface area (Å²) in [6.45, 7) is 3.51. The Kier molecular flexibility index (Phi) is 5.00. The van der Waals surface area contributed by atoms with Crippen LogP contribution in [0.2, 0.25) is 0 Å². The van der Waals surface area contributed by atoms with Gasteiger partial charge in [-0.05, 0) is 24.3 Å². The highest BCUT2D eigenvalue weighted by molar-refractivity contribution is 7.91. The zero-order chi connectivity index (χ0) is 18.0. The van der Waals surface area contributed by atoms with E-state index in [-0.39, 0.29) is 6.10 Å². The number of morpholine rings is 1. The van der Waals surface area contributed by atoms with Crippen LogP contribution in [0.4, 0.5) is 14.5 Å². The maximum absolute atomic E-state index is 12.6. The molecule has 2 heterocycles. The minimum Gasteiger partial charge on any atom is -0.366 e. The first-order chi connectivity index (χ1) is 11.9. The molecule has 10 heteroatoms. The minimum atomic E-state index is -4.58. The Morgan fingerprint density at radius 1 is 1.36 bits per heavy atom. The molecule has 1 atom stereocenters. The van der Waals surface area contributed by atoms with Gasteiger partial charge in [-0.1, -0.05) is 6.92 Å². The largest absolute Gasteiger partial charge is 0.366 e. The van der Waals surface area contributed by atoms with Gasteiger partial charge in [0.25, 0.3) is 0 Å². The topological polar surface area (TPSA) is 88.2 Å². The van der Waals surface area contributed by atoms with Crippen molar-refractivity contribution in [3.8, 4) is 0 Å². The average Bonchev–Trinajstić information content (AvgIpc) is 3.11. The second kappa shape index (κ2) is 7.04. The van der Waals surface area contributed by atoms with Crippen LogP contribution in [0.1, 0.15) is 24.7 Å². The van der Waals surface area contributed by atoms with Crippen molar-refractivity contribution in [1.82, 2.24) is 15.2 Å². The second-order valence-corrected chi connectivity index (χ2v) is 7.52. The summed E-state index contributed by atoms with van der Waals surface area (Å²) in [4.78, 5) is 5.96. The molecule has 7 nitrogen and oxygen atoms in total. The predicted octanol–water partition coefficient (Wildman–Crippen LogP) is 1.94. The molecule has 0 amide bonds. The number of H-pyrrole nitrogens is 1. The van der Waals surface area contributed by atoms with Crippen molar-refractivity contribution in [1.29, 1.82) is 0 Å². The van der Waals surface area contributed by atoms with Gasteiger partial charge in [0.2, 0.25) is 9.84 Å². The third-order valence-electron chi connectivity index (χ3n) is 4.00. The molecule has 0 aliphatic carbocycles. The number of aromatic nitrogens is 3. The van der Waals surface area contributed by atoms with Crippen molar-refractivity contribution in [2.45, 2.75) is 30.1 Å². The number of benzene rings is 1. The van der Waals surface area contributed by atoms with Crippen LogP contribution in [0.15, 0.2) is 29.2 Å². The van der Waals surface area contributed by atoms with E-state index < -0.39 is 20.5 Å². The molecule has 0 saturated carbocycles. The van der Waals surface area contributed by atoms with Crippen LogP contribution in [0, 0.1) is 0 Å². The van der Waals surface area contributed by atoms with Gasteiger partial charge in [-0.2, -0.15) is 13.9 Å². The van der Waals surface area contributed by atoms with Gasteiger partial charge < -0.3 is 9.64 Å². The first-order valence-corrected chi connectivity index (χ1v) is 9.36. The van der Waals surface area contributed by atoms with Crippen LogP contribution in [-0.2, 0) is 21.0 Å². The lowest BCUT2D eigenvalue weighted by Crippen LogP contribution is -2.38. The molecule has 1 saturated heterocycles. The van der Waals surface area contributed by atoms with Crippen molar-refractivity contribution in [3.63, 3.8) is 0 Å². The molecule has 1 aromatic heterocycles. The molecular weight excluding hydrogens is 354 g/mol. The molecule has 0 bridgehead atoms. The minimum absolute atomic E-state index is 0.310. The fourth-order valence-corrected chi connectivity index (χ4v) is 3.32. The number of halogens is 2. The smallest absolute Gasteiger partial charge is 0.341 e. The Bertz CT molecular complexity index is 824. The molecular formula is C15H18F2N4O3S. The van der Waals surface area contributed by atoms with E-state index in [1.807, 2.05) is 11.8 Å². The lowest BCUT2D eigenvalue weighted by atomic mass is 10.2. The van der Waals surface area contributed by atoms with Crippen LogP contribution < -0.4 is 4.90 Å². The summed E-state index contributed by atoms with van der Waals surface area (Å²) in [5, 5.41) is 7.00. The maximum Gasteiger partial charge on any atom is 0.341 e. The van der Waals surface area contributed by atoms with Gasteiger partial charge in [-0.25, -0.2) is 13.4 Å². The van der Waals surface area contributed by atoms with E-state index in [9.17, 15) is 17.2 Å². The molecule has 1 N–H and O–H groups in total. The van der Waals surface area contributed by atoms with Crippen LogP contribution in [0.25, 0.3) is 0 Å². The second-order valence-electron chi connectivity index (χ2n) is 5.60. The first kappa shape index (κ1) is 17.7. The number of sulfone groups is 1. The van der Waals surface area contributed by atoms with Crippen LogP contribution >= 0.6 is 0 Å². The quantitative estimate of drug-likeness (QED) is 0.863. The number of alkyl halides is 2. The third-order valence-corrected chi connectivity index (χ3v) is 5.40. The molecule has 2 aromatic rings. The molecule has 1 aliphatic rings. The van der Waals surface area contributed by atoms with Gasteiger partial charge in [-0.15, -0.1) is 0 Å². The molecule has 1 aromatic carbocycles. The normalized spacial score (nSPS) is 18.7. The Balaban J connectivity index is 1.75. The number of hydrogen-bond acceptors (Lipinski definition) is 6. The Morgan fingerprint density at radius 3 is 2.68 bits per heavy atom. The zero-order valence-electron chi connectivity index (χ0n) is 13.5. The monoisotopic (exact) mass is 372 g/mol. The summed E-state index contributed by atoms with van der Waals surface area (Å²) in [6, 6.07) is 5.44. The number of nitrogens with one attached hydrogen (secondary N) is 1. The van der Waals surface area contributed by atoms with E-state index >= 15 is 0 Å². The highest BCUT2D eigenvalue weighted by Crippen LogP contribution is 2.26. The highest BCUT2D eigenvalue weighted by atomic mass is 32.2. The summed E-state index contributed by atoms with van der Waals surface area (Å²) < 4.78 is 53.9. The number of aromatic amines is 1. The molecule has 136 valence electrons. The average molecular weight is 372 g/mol. The van der Waals surface area contributed by atoms with Gasteiger partial charge in [0, 0.05) is 18.7 Å². The van der Waals surface area contributed by atoms with E-state index in [2.05, 4.69) is 15.2 Å². The molecule has 1 aliphatic heterocycles. The summed E-state index contributed by atoms with van der Waals surface area (Å²) >= 11 is 0. The predicted molar refractivity (Wildman–Crippen MR) is 86.3 cm³/mol. The Hall–Kier alpha value is -2.07. The van der Waals surface area contributed by atoms with E-state index in [1.165, 1.54) is 24.3 Å². The van der Waals surface area contributed by atoms with Gasteiger partial charge in [-0.3, -0.25) is 5.10 Å². The fraction of sp³-hybridized carbons (Fsp3) is 0.467. The number of anilines is 1. The lowest BCUT2D eigenvalue weighted by molar-refractivity contribution is 0.0342. The maximum atomic E-state index is 12.6. The van der Waals surface area contributed by atoms with Crippen LogP contribution in [0.3, 0.4) is 0 Å². The van der Waals surface area contributed by atoms with Crippen molar-refractivity contribution in [2.24, 2.45) is 0 Å². The van der Waals surface area contributed by atoms with Crippen molar-refractivity contribution < 1.29 is 21.9 Å². The van der Waals surface area contributed by atoms with E-state index in [0.717, 1.165) is 17.9 Å². The summed E-state index contributed by atoms with van der Waals surface area (Å²) in [6.07, 6.45) is 0.429. The molecule has 3 rings (SSSR count). The van der Waals surface area contributed by atoms with Crippen molar-refractivity contribution >= 4 is 15.5 Å². The standard InChI is InChI=1S/C15H18F2N4O3S/c1-2-13-18-14(20-19-13)12-9-21(7-8-24-12)10-3-5-11(6-4-10)25(22,23)15(16)17/h3-6,12,15H,2,7-9H2,1H3,(H,18,19,20). The number of nitrogens with zero attached hydrogens (tertiary/aromatic N) is 3. The first-order valence-electron chi connectivity index (χ1n) is 7.81. The van der Waals surface area contributed by atoms with Crippen LogP contribution in [-0.4, -0.2) is 49.1 Å². The van der Waals surface area contributed by atoms with Gasteiger partial charge in [0.1, 0.15) is 11.9 Å². The number of hydrogen-bond donors (Lipinski definition) is 1. The Labute approximate surface area is 143 Å². The van der Waals surface area contributed by atoms with Gasteiger partial charge >= 0.3 is 5.76 Å². The lowest BCUT2D eigenvalue weighted by Gasteiger charge is -2.33. The SMILES string of the molecule is CCc1nc(C2CN(c3ccc(S(=O)(=O)C(F)F)cc3)CCO2)n[nH]1. The number of aryl methyl sites for hydroxylation is 1. The van der Waals surface area contributed by atoms with Gasteiger partial charge in [0.05, 0.1) is 18.0 Å².